The molecule has 6 heteroatoms. The number of nitrogens with one attached hydrogen (secondary N) is 1. The molecule has 0 saturated carbocycles. The van der Waals surface area contributed by atoms with Gasteiger partial charge in [-0.05, 0) is 54.3 Å². The fourth-order valence-corrected chi connectivity index (χ4v) is 3.37. The molecule has 0 bridgehead atoms. The molecular weight excluding hydrogens is 366 g/mol. The summed E-state index contributed by atoms with van der Waals surface area (Å²) in [7, 11) is 0. The van der Waals surface area contributed by atoms with Crippen LogP contribution in [-0.2, 0) is 17.8 Å². The van der Waals surface area contributed by atoms with Crippen LogP contribution in [0.1, 0.15) is 34.3 Å². The molecule has 1 saturated heterocycles. The lowest BCUT2D eigenvalue weighted by molar-refractivity contribution is 0.0679. The normalized spacial score (nSPS) is 15.9. The van der Waals surface area contributed by atoms with Crippen molar-refractivity contribution in [2.75, 3.05) is 13.2 Å². The molecule has 1 fully saturated rings. The van der Waals surface area contributed by atoms with Gasteiger partial charge in [-0.1, -0.05) is 24.3 Å². The van der Waals surface area contributed by atoms with E-state index in [0.29, 0.717) is 25.3 Å². The molecule has 1 N–H and O–H groups in total. The van der Waals surface area contributed by atoms with Crippen molar-refractivity contribution in [1.82, 2.24) is 15.1 Å². The summed E-state index contributed by atoms with van der Waals surface area (Å²) >= 11 is 0. The molecule has 0 spiro atoms. The molecule has 1 amide bonds. The average Bonchev–Trinajstić information content (AvgIpc) is 3.45. The molecule has 0 radical (unpaired) electrons. The monoisotopic (exact) mass is 391 g/mol. The molecule has 1 atom stereocenters. The Morgan fingerprint density at radius 2 is 2.03 bits per heavy atom. The van der Waals surface area contributed by atoms with E-state index in [1.54, 1.807) is 18.3 Å². The molecule has 1 aliphatic rings. The van der Waals surface area contributed by atoms with Crippen molar-refractivity contribution >= 4 is 5.91 Å². The zero-order valence-corrected chi connectivity index (χ0v) is 16.3. The summed E-state index contributed by atoms with van der Waals surface area (Å²) in [5.74, 6) is 0.650. The van der Waals surface area contributed by atoms with Crippen molar-refractivity contribution in [3.63, 3.8) is 0 Å². The maximum atomic E-state index is 12.5. The van der Waals surface area contributed by atoms with Crippen molar-refractivity contribution in [3.8, 4) is 5.75 Å². The minimum atomic E-state index is -0.104. The summed E-state index contributed by atoms with van der Waals surface area (Å²) in [6, 6.07) is 17.3. The lowest BCUT2D eigenvalue weighted by atomic mass is 10.1. The standard InChI is InChI=1S/C23H25N3O3/c27-23(20-7-9-21(10-8-20)29-17-22-6-2-13-28-22)24-15-18-4-1-5-19(14-18)16-26-12-3-11-25-26/h1,3-5,7-12,14,22H,2,6,13,15-17H2,(H,24,27)/t22-/m1/s1. The van der Waals surface area contributed by atoms with Crippen LogP contribution in [-0.4, -0.2) is 35.0 Å². The number of carbonyl (C=O) groups is 1. The number of rotatable bonds is 8. The highest BCUT2D eigenvalue weighted by Crippen LogP contribution is 2.17. The number of carbonyl (C=O) groups excluding carboxylic acids is 1. The predicted molar refractivity (Wildman–Crippen MR) is 110 cm³/mol. The number of aromatic nitrogens is 2. The topological polar surface area (TPSA) is 65.4 Å². The average molecular weight is 391 g/mol. The first-order valence-corrected chi connectivity index (χ1v) is 9.94. The van der Waals surface area contributed by atoms with Crippen LogP contribution in [0.3, 0.4) is 0 Å². The molecule has 0 aliphatic carbocycles. The zero-order valence-electron chi connectivity index (χ0n) is 16.3. The first-order valence-electron chi connectivity index (χ1n) is 9.94. The van der Waals surface area contributed by atoms with E-state index in [-0.39, 0.29) is 12.0 Å². The van der Waals surface area contributed by atoms with Crippen LogP contribution >= 0.6 is 0 Å². The SMILES string of the molecule is O=C(NCc1cccc(Cn2cccn2)c1)c1ccc(OC[C@H]2CCCO2)cc1. The van der Waals surface area contributed by atoms with E-state index in [4.69, 9.17) is 9.47 Å². The van der Waals surface area contributed by atoms with Crippen molar-refractivity contribution < 1.29 is 14.3 Å². The Morgan fingerprint density at radius 1 is 1.17 bits per heavy atom. The molecule has 3 aromatic rings. The third-order valence-electron chi connectivity index (χ3n) is 4.92. The molecular formula is C23H25N3O3. The van der Waals surface area contributed by atoms with E-state index < -0.39 is 0 Å². The smallest absolute Gasteiger partial charge is 0.251 e. The van der Waals surface area contributed by atoms with Gasteiger partial charge in [0.2, 0.25) is 0 Å². The van der Waals surface area contributed by atoms with Gasteiger partial charge in [-0.25, -0.2) is 0 Å². The van der Waals surface area contributed by atoms with E-state index in [0.717, 1.165) is 36.3 Å². The van der Waals surface area contributed by atoms with Gasteiger partial charge in [-0.2, -0.15) is 5.10 Å². The van der Waals surface area contributed by atoms with Gasteiger partial charge >= 0.3 is 0 Å². The number of hydrogen-bond acceptors (Lipinski definition) is 4. The first-order chi connectivity index (χ1) is 14.3. The minimum Gasteiger partial charge on any atom is -0.491 e. The largest absolute Gasteiger partial charge is 0.491 e. The fraction of sp³-hybridized carbons (Fsp3) is 0.304. The van der Waals surface area contributed by atoms with E-state index in [1.165, 1.54) is 0 Å². The lowest BCUT2D eigenvalue weighted by Gasteiger charge is -2.12. The fourth-order valence-electron chi connectivity index (χ4n) is 3.37. The summed E-state index contributed by atoms with van der Waals surface area (Å²) in [4.78, 5) is 12.5. The summed E-state index contributed by atoms with van der Waals surface area (Å²) in [5, 5.41) is 7.20. The Bertz CT molecular complexity index is 917. The second-order valence-corrected chi connectivity index (χ2v) is 7.18. The van der Waals surface area contributed by atoms with Crippen molar-refractivity contribution in [2.24, 2.45) is 0 Å². The summed E-state index contributed by atoms with van der Waals surface area (Å²) in [6.07, 6.45) is 6.02. The van der Waals surface area contributed by atoms with E-state index in [9.17, 15) is 4.79 Å². The third kappa shape index (κ3) is 5.45. The molecule has 4 rings (SSSR count). The third-order valence-corrected chi connectivity index (χ3v) is 4.92. The minimum absolute atomic E-state index is 0.104. The number of amides is 1. The van der Waals surface area contributed by atoms with E-state index in [2.05, 4.69) is 22.5 Å². The van der Waals surface area contributed by atoms with Crippen molar-refractivity contribution in [1.29, 1.82) is 0 Å². The Hall–Kier alpha value is -3.12. The van der Waals surface area contributed by atoms with Gasteiger partial charge in [0.05, 0.1) is 12.6 Å². The molecule has 150 valence electrons. The lowest BCUT2D eigenvalue weighted by Crippen LogP contribution is -2.22. The van der Waals surface area contributed by atoms with E-state index >= 15 is 0 Å². The van der Waals surface area contributed by atoms with Crippen LogP contribution in [0.4, 0.5) is 0 Å². The first kappa shape index (κ1) is 19.2. The molecule has 2 heterocycles. The maximum absolute atomic E-state index is 12.5. The summed E-state index contributed by atoms with van der Waals surface area (Å²) in [5.41, 5.74) is 2.81. The van der Waals surface area contributed by atoms with Crippen LogP contribution in [0.2, 0.25) is 0 Å². The highest BCUT2D eigenvalue weighted by Gasteiger charge is 2.16. The summed E-state index contributed by atoms with van der Waals surface area (Å²) < 4.78 is 13.2. The van der Waals surface area contributed by atoms with Gasteiger partial charge in [-0.15, -0.1) is 0 Å². The second-order valence-electron chi connectivity index (χ2n) is 7.18. The molecule has 29 heavy (non-hydrogen) atoms. The van der Waals surface area contributed by atoms with Crippen LogP contribution in [0.15, 0.2) is 67.0 Å². The Balaban J connectivity index is 1.28. The van der Waals surface area contributed by atoms with Gasteiger partial charge in [0.1, 0.15) is 12.4 Å². The van der Waals surface area contributed by atoms with Gasteiger partial charge in [-0.3, -0.25) is 9.48 Å². The van der Waals surface area contributed by atoms with Crippen LogP contribution in [0.25, 0.3) is 0 Å². The number of ether oxygens (including phenoxy) is 2. The van der Waals surface area contributed by atoms with Crippen molar-refractivity contribution in [2.45, 2.75) is 32.0 Å². The highest BCUT2D eigenvalue weighted by molar-refractivity contribution is 5.94. The van der Waals surface area contributed by atoms with Gasteiger partial charge < -0.3 is 14.8 Å². The second kappa shape index (κ2) is 9.39. The molecule has 1 aliphatic heterocycles. The molecule has 2 aromatic carbocycles. The number of hydrogen-bond donors (Lipinski definition) is 1. The quantitative estimate of drug-likeness (QED) is 0.639. The highest BCUT2D eigenvalue weighted by atomic mass is 16.5. The number of nitrogens with zero attached hydrogens (tertiary/aromatic N) is 2. The number of benzene rings is 2. The Kier molecular flexibility index (Phi) is 6.22. The molecule has 0 unspecified atom stereocenters. The van der Waals surface area contributed by atoms with Crippen LogP contribution in [0.5, 0.6) is 5.75 Å². The maximum Gasteiger partial charge on any atom is 0.251 e. The van der Waals surface area contributed by atoms with Gasteiger partial charge in [0, 0.05) is 31.1 Å². The van der Waals surface area contributed by atoms with Crippen molar-refractivity contribution in [3.05, 3.63) is 83.7 Å². The Labute approximate surface area is 170 Å². The zero-order chi connectivity index (χ0) is 19.9. The Morgan fingerprint density at radius 3 is 2.79 bits per heavy atom. The predicted octanol–water partition coefficient (Wildman–Crippen LogP) is 3.42. The van der Waals surface area contributed by atoms with Crippen LogP contribution in [0, 0.1) is 0 Å². The van der Waals surface area contributed by atoms with E-state index in [1.807, 2.05) is 41.2 Å². The molecule has 6 nitrogen and oxygen atoms in total. The molecule has 1 aromatic heterocycles. The van der Waals surface area contributed by atoms with Crippen LogP contribution < -0.4 is 10.1 Å². The van der Waals surface area contributed by atoms with Gasteiger partial charge in [0.15, 0.2) is 0 Å². The summed E-state index contributed by atoms with van der Waals surface area (Å²) in [6.45, 7) is 2.56. The van der Waals surface area contributed by atoms with Gasteiger partial charge in [0.25, 0.3) is 5.91 Å².